The van der Waals surface area contributed by atoms with Crippen LogP contribution in [-0.2, 0) is 17.9 Å². The minimum absolute atomic E-state index is 0.0269. The molecule has 0 bridgehead atoms. The molecule has 0 atom stereocenters. The molecule has 0 aromatic carbocycles. The Kier molecular flexibility index (Phi) is 3.91. The lowest BCUT2D eigenvalue weighted by Gasteiger charge is -2.16. The molecule has 1 N–H and O–H groups in total. The summed E-state index contributed by atoms with van der Waals surface area (Å²) in [6.45, 7) is 0.490. The summed E-state index contributed by atoms with van der Waals surface area (Å²) in [5.74, 6) is -1.32. The van der Waals surface area contributed by atoms with E-state index in [1.54, 1.807) is 23.3 Å². The van der Waals surface area contributed by atoms with E-state index in [4.69, 9.17) is 5.11 Å². The van der Waals surface area contributed by atoms with Crippen molar-refractivity contribution in [2.75, 3.05) is 7.05 Å². The number of nitrogens with zero attached hydrogens (tertiary/aromatic N) is 4. The first-order valence-electron chi connectivity index (χ1n) is 5.44. The summed E-state index contributed by atoms with van der Waals surface area (Å²) in [5, 5.41) is 19.7. The zero-order chi connectivity index (χ0) is 13.8. The molecule has 0 aliphatic heterocycles. The highest BCUT2D eigenvalue weighted by molar-refractivity contribution is 7.07. The first kappa shape index (κ1) is 13.2. The molecule has 0 saturated carbocycles. The van der Waals surface area contributed by atoms with Crippen molar-refractivity contribution >= 4 is 23.2 Å². The van der Waals surface area contributed by atoms with Gasteiger partial charge >= 0.3 is 5.97 Å². The number of hydrogen-bond acceptors (Lipinski definition) is 5. The van der Waals surface area contributed by atoms with Crippen LogP contribution in [0.5, 0.6) is 0 Å². The maximum Gasteiger partial charge on any atom is 0.358 e. The van der Waals surface area contributed by atoms with E-state index in [1.807, 2.05) is 16.8 Å². The summed E-state index contributed by atoms with van der Waals surface area (Å²) in [5.41, 5.74) is 0.888. The van der Waals surface area contributed by atoms with Crippen molar-refractivity contribution in [1.29, 1.82) is 0 Å². The highest BCUT2D eigenvalue weighted by Gasteiger charge is 2.13. The maximum atomic E-state index is 11.9. The van der Waals surface area contributed by atoms with Crippen LogP contribution in [0, 0.1) is 0 Å². The Bertz CT molecular complexity index is 579. The molecule has 0 aliphatic rings. The fraction of sp³-hybridized carbons (Fsp3) is 0.273. The predicted octanol–water partition coefficient (Wildman–Crippen LogP) is 0.696. The van der Waals surface area contributed by atoms with Crippen molar-refractivity contribution in [2.45, 2.75) is 13.1 Å². The van der Waals surface area contributed by atoms with Crippen molar-refractivity contribution in [3.63, 3.8) is 0 Å². The lowest BCUT2D eigenvalue weighted by molar-refractivity contribution is -0.131. The number of amides is 1. The first-order chi connectivity index (χ1) is 9.06. The summed E-state index contributed by atoms with van der Waals surface area (Å²) in [4.78, 5) is 24.1. The molecule has 0 saturated heterocycles. The molecule has 0 radical (unpaired) electrons. The van der Waals surface area contributed by atoms with Crippen molar-refractivity contribution in [1.82, 2.24) is 19.9 Å². The molecule has 1 amide bonds. The van der Waals surface area contributed by atoms with Gasteiger partial charge in [-0.15, -0.1) is 5.10 Å². The summed E-state index contributed by atoms with van der Waals surface area (Å²) < 4.78 is 1.22. The third-order valence-corrected chi connectivity index (χ3v) is 3.21. The lowest BCUT2D eigenvalue weighted by Crippen LogP contribution is -2.29. The topological polar surface area (TPSA) is 88.3 Å². The monoisotopic (exact) mass is 280 g/mol. The number of carboxylic acid groups (broad SMARTS) is 1. The van der Waals surface area contributed by atoms with E-state index in [0.717, 1.165) is 5.56 Å². The molecular weight excluding hydrogens is 268 g/mol. The van der Waals surface area contributed by atoms with E-state index in [1.165, 1.54) is 10.9 Å². The van der Waals surface area contributed by atoms with Crippen molar-refractivity contribution in [3.05, 3.63) is 34.3 Å². The fourth-order valence-electron chi connectivity index (χ4n) is 1.48. The van der Waals surface area contributed by atoms with Crippen LogP contribution in [0.3, 0.4) is 0 Å². The lowest BCUT2D eigenvalue weighted by atomic mass is 10.3. The van der Waals surface area contributed by atoms with E-state index in [-0.39, 0.29) is 18.1 Å². The average Bonchev–Trinajstić information content (AvgIpc) is 2.99. The van der Waals surface area contributed by atoms with Gasteiger partial charge in [0.15, 0.2) is 5.69 Å². The van der Waals surface area contributed by atoms with E-state index < -0.39 is 5.97 Å². The quantitative estimate of drug-likeness (QED) is 0.870. The second kappa shape index (κ2) is 5.61. The van der Waals surface area contributed by atoms with Crippen LogP contribution < -0.4 is 0 Å². The van der Waals surface area contributed by atoms with Gasteiger partial charge in [-0.25, -0.2) is 9.48 Å². The highest BCUT2D eigenvalue weighted by Crippen LogP contribution is 2.08. The number of thiophene rings is 1. The summed E-state index contributed by atoms with van der Waals surface area (Å²) in [6.07, 6.45) is 1.23. The minimum atomic E-state index is -1.16. The van der Waals surface area contributed by atoms with Crippen molar-refractivity contribution in [3.8, 4) is 0 Å². The number of hydrogen-bond donors (Lipinski definition) is 1. The number of carbonyl (C=O) groups excluding carboxylic acids is 1. The predicted molar refractivity (Wildman–Crippen MR) is 67.8 cm³/mol. The SMILES string of the molecule is CN(Cc1ccsc1)C(=O)Cn1cc(C(=O)O)nn1. The molecule has 0 aliphatic carbocycles. The maximum absolute atomic E-state index is 11.9. The third kappa shape index (κ3) is 3.38. The average molecular weight is 280 g/mol. The largest absolute Gasteiger partial charge is 0.476 e. The molecule has 2 heterocycles. The number of aromatic carboxylic acids is 1. The van der Waals surface area contributed by atoms with Crippen LogP contribution in [0.25, 0.3) is 0 Å². The standard InChI is InChI=1S/C11H12N4O3S/c1-14(4-8-2-3-19-7-8)10(16)6-15-5-9(11(17)18)12-13-15/h2-3,5,7H,4,6H2,1H3,(H,17,18). The summed E-state index contributed by atoms with van der Waals surface area (Å²) in [7, 11) is 1.69. The Labute approximate surface area is 113 Å². The van der Waals surface area contributed by atoms with E-state index in [9.17, 15) is 9.59 Å². The summed E-state index contributed by atoms with van der Waals surface area (Å²) >= 11 is 1.57. The van der Waals surface area contributed by atoms with Crippen LogP contribution >= 0.6 is 11.3 Å². The number of carboxylic acids is 1. The molecule has 2 aromatic heterocycles. The van der Waals surface area contributed by atoms with Gasteiger partial charge in [0.1, 0.15) is 6.54 Å². The van der Waals surface area contributed by atoms with Gasteiger partial charge in [-0.05, 0) is 22.4 Å². The molecule has 7 nitrogen and oxygen atoms in total. The van der Waals surface area contributed by atoms with Gasteiger partial charge in [0.2, 0.25) is 5.91 Å². The first-order valence-corrected chi connectivity index (χ1v) is 6.39. The molecule has 100 valence electrons. The second-order valence-corrected chi connectivity index (χ2v) is 4.77. The van der Waals surface area contributed by atoms with Crippen molar-refractivity contribution < 1.29 is 14.7 Å². The molecule has 2 aromatic rings. The van der Waals surface area contributed by atoms with Gasteiger partial charge in [0.05, 0.1) is 6.20 Å². The van der Waals surface area contributed by atoms with Gasteiger partial charge in [-0.1, -0.05) is 5.21 Å². The van der Waals surface area contributed by atoms with Crippen LogP contribution in [0.4, 0.5) is 0 Å². The summed E-state index contributed by atoms with van der Waals surface area (Å²) in [6, 6.07) is 1.95. The fourth-order valence-corrected chi connectivity index (χ4v) is 2.14. The molecule has 0 fully saturated rings. The normalized spacial score (nSPS) is 10.4. The molecule has 19 heavy (non-hydrogen) atoms. The molecule has 8 heteroatoms. The minimum Gasteiger partial charge on any atom is -0.476 e. The number of likely N-dealkylation sites (N-methyl/N-ethyl adjacent to an activating group) is 1. The van der Waals surface area contributed by atoms with Crippen LogP contribution in [0.1, 0.15) is 16.1 Å². The van der Waals surface area contributed by atoms with Crippen LogP contribution in [0.15, 0.2) is 23.0 Å². The molecule has 0 unspecified atom stereocenters. The van der Waals surface area contributed by atoms with E-state index in [0.29, 0.717) is 6.54 Å². The zero-order valence-corrected chi connectivity index (χ0v) is 11.0. The number of carbonyl (C=O) groups is 2. The molecular formula is C11H12N4O3S. The zero-order valence-electron chi connectivity index (χ0n) is 10.2. The van der Waals surface area contributed by atoms with Gasteiger partial charge in [0, 0.05) is 13.6 Å². The Balaban J connectivity index is 1.94. The molecule has 2 rings (SSSR count). The Hall–Kier alpha value is -2.22. The van der Waals surface area contributed by atoms with Gasteiger partial charge < -0.3 is 10.0 Å². The Morgan fingerprint density at radius 2 is 2.32 bits per heavy atom. The van der Waals surface area contributed by atoms with Crippen molar-refractivity contribution in [2.24, 2.45) is 0 Å². The van der Waals surface area contributed by atoms with Crippen LogP contribution in [0.2, 0.25) is 0 Å². The molecule has 0 spiro atoms. The van der Waals surface area contributed by atoms with Gasteiger partial charge in [-0.3, -0.25) is 4.79 Å². The third-order valence-electron chi connectivity index (χ3n) is 2.48. The van der Waals surface area contributed by atoms with Gasteiger partial charge in [0.25, 0.3) is 0 Å². The Morgan fingerprint density at radius 1 is 1.53 bits per heavy atom. The highest BCUT2D eigenvalue weighted by atomic mass is 32.1. The number of aromatic nitrogens is 3. The smallest absolute Gasteiger partial charge is 0.358 e. The second-order valence-electron chi connectivity index (χ2n) is 3.99. The Morgan fingerprint density at radius 3 is 2.89 bits per heavy atom. The van der Waals surface area contributed by atoms with Crippen LogP contribution in [-0.4, -0.2) is 43.9 Å². The van der Waals surface area contributed by atoms with E-state index >= 15 is 0 Å². The van der Waals surface area contributed by atoms with Gasteiger partial charge in [-0.2, -0.15) is 11.3 Å². The number of rotatable bonds is 5. The van der Waals surface area contributed by atoms with E-state index in [2.05, 4.69) is 10.3 Å².